The van der Waals surface area contributed by atoms with Gasteiger partial charge in [0.2, 0.25) is 17.6 Å². The van der Waals surface area contributed by atoms with Crippen LogP contribution in [-0.2, 0) is 11.2 Å². The van der Waals surface area contributed by atoms with Crippen molar-refractivity contribution in [1.29, 1.82) is 0 Å². The zero-order valence-electron chi connectivity index (χ0n) is 14.7. The Morgan fingerprint density at radius 1 is 1.00 bits per heavy atom. The fourth-order valence-corrected chi connectivity index (χ4v) is 3.48. The van der Waals surface area contributed by atoms with E-state index >= 15 is 0 Å². The SMILES string of the molecule is O=C(CCc1nc(-c2cccc3ccccc23)no1)Nc1cc(Cl)cc(Cl)c1. The number of anilines is 1. The number of aryl methyl sites for hydroxylation is 1. The number of nitrogens with zero attached hydrogens (tertiary/aromatic N) is 2. The molecule has 0 fully saturated rings. The molecule has 0 spiro atoms. The number of hydrogen-bond acceptors (Lipinski definition) is 4. The van der Waals surface area contributed by atoms with E-state index in [9.17, 15) is 4.79 Å². The van der Waals surface area contributed by atoms with E-state index in [1.54, 1.807) is 18.2 Å². The van der Waals surface area contributed by atoms with Crippen LogP contribution in [0.4, 0.5) is 5.69 Å². The highest BCUT2D eigenvalue weighted by Gasteiger charge is 2.13. The maximum Gasteiger partial charge on any atom is 0.227 e. The number of rotatable bonds is 5. The van der Waals surface area contributed by atoms with E-state index in [1.165, 1.54) is 0 Å². The highest BCUT2D eigenvalue weighted by atomic mass is 35.5. The summed E-state index contributed by atoms with van der Waals surface area (Å²) in [4.78, 5) is 16.6. The minimum Gasteiger partial charge on any atom is -0.339 e. The van der Waals surface area contributed by atoms with Gasteiger partial charge in [0.15, 0.2) is 0 Å². The average molecular weight is 412 g/mol. The molecule has 0 aliphatic rings. The Hall–Kier alpha value is -2.89. The van der Waals surface area contributed by atoms with Crippen LogP contribution in [0.3, 0.4) is 0 Å². The number of carbonyl (C=O) groups excluding carboxylic acids is 1. The van der Waals surface area contributed by atoms with Crippen molar-refractivity contribution < 1.29 is 9.32 Å². The summed E-state index contributed by atoms with van der Waals surface area (Å²) in [5.74, 6) is 0.722. The predicted molar refractivity (Wildman–Crippen MR) is 111 cm³/mol. The largest absolute Gasteiger partial charge is 0.339 e. The van der Waals surface area contributed by atoms with Crippen molar-refractivity contribution in [2.75, 3.05) is 5.32 Å². The third-order valence-electron chi connectivity index (χ3n) is 4.21. The van der Waals surface area contributed by atoms with Gasteiger partial charge in [-0.2, -0.15) is 4.98 Å². The molecular formula is C21H15Cl2N3O2. The van der Waals surface area contributed by atoms with E-state index in [0.717, 1.165) is 16.3 Å². The van der Waals surface area contributed by atoms with Gasteiger partial charge in [-0.15, -0.1) is 0 Å². The maximum absolute atomic E-state index is 12.2. The molecule has 0 radical (unpaired) electrons. The second-order valence-corrected chi connectivity index (χ2v) is 7.12. The summed E-state index contributed by atoms with van der Waals surface area (Å²) < 4.78 is 5.32. The molecule has 1 N–H and O–H groups in total. The molecule has 28 heavy (non-hydrogen) atoms. The van der Waals surface area contributed by atoms with Crippen molar-refractivity contribution in [3.05, 3.63) is 76.6 Å². The average Bonchev–Trinajstić information content (AvgIpc) is 3.14. The molecule has 0 saturated heterocycles. The van der Waals surface area contributed by atoms with Crippen molar-refractivity contribution in [3.8, 4) is 11.4 Å². The van der Waals surface area contributed by atoms with Crippen LogP contribution in [0, 0.1) is 0 Å². The number of carbonyl (C=O) groups is 1. The van der Waals surface area contributed by atoms with Gasteiger partial charge in [-0.3, -0.25) is 4.79 Å². The van der Waals surface area contributed by atoms with Crippen molar-refractivity contribution in [1.82, 2.24) is 10.1 Å². The van der Waals surface area contributed by atoms with E-state index < -0.39 is 0 Å². The van der Waals surface area contributed by atoms with E-state index in [1.807, 2.05) is 42.5 Å². The number of hydrogen-bond donors (Lipinski definition) is 1. The number of halogens is 2. The summed E-state index contributed by atoms with van der Waals surface area (Å²) in [5.41, 5.74) is 1.44. The van der Waals surface area contributed by atoms with Gasteiger partial charge in [0.05, 0.1) is 0 Å². The summed E-state index contributed by atoms with van der Waals surface area (Å²) >= 11 is 11.9. The van der Waals surface area contributed by atoms with E-state index in [-0.39, 0.29) is 12.3 Å². The molecule has 5 nitrogen and oxygen atoms in total. The lowest BCUT2D eigenvalue weighted by Gasteiger charge is -2.05. The predicted octanol–water partition coefficient (Wildman–Crippen LogP) is 5.77. The first-order chi connectivity index (χ1) is 13.6. The number of aromatic nitrogens is 2. The molecule has 0 bridgehead atoms. The van der Waals surface area contributed by atoms with Gasteiger partial charge >= 0.3 is 0 Å². The van der Waals surface area contributed by atoms with Crippen molar-refractivity contribution in [2.24, 2.45) is 0 Å². The zero-order valence-corrected chi connectivity index (χ0v) is 16.2. The standard InChI is InChI=1S/C21H15Cl2N3O2/c22-14-10-15(23)12-16(11-14)24-19(27)8-9-20-25-21(26-28-20)18-7-3-5-13-4-1-2-6-17(13)18/h1-7,10-12H,8-9H2,(H,24,27). The topological polar surface area (TPSA) is 68.0 Å². The van der Waals surface area contributed by atoms with Crippen molar-refractivity contribution >= 4 is 45.6 Å². The van der Waals surface area contributed by atoms with Gasteiger partial charge in [-0.05, 0) is 29.0 Å². The molecule has 0 saturated carbocycles. The molecule has 0 atom stereocenters. The molecule has 4 aromatic rings. The monoisotopic (exact) mass is 411 g/mol. The fraction of sp³-hybridized carbons (Fsp3) is 0.0952. The van der Waals surface area contributed by atoms with Crippen LogP contribution in [0.5, 0.6) is 0 Å². The normalized spacial score (nSPS) is 10.9. The van der Waals surface area contributed by atoms with Crippen LogP contribution >= 0.6 is 23.2 Å². The van der Waals surface area contributed by atoms with Gasteiger partial charge in [0, 0.05) is 34.1 Å². The van der Waals surface area contributed by atoms with E-state index in [0.29, 0.717) is 33.9 Å². The minimum atomic E-state index is -0.191. The Morgan fingerprint density at radius 2 is 1.75 bits per heavy atom. The summed E-state index contributed by atoms with van der Waals surface area (Å²) in [6.45, 7) is 0. The number of benzene rings is 3. The molecule has 4 rings (SSSR count). The van der Waals surface area contributed by atoms with Gasteiger partial charge < -0.3 is 9.84 Å². The molecule has 140 valence electrons. The Balaban J connectivity index is 1.44. The van der Waals surface area contributed by atoms with Crippen LogP contribution in [0.15, 0.2) is 65.2 Å². The van der Waals surface area contributed by atoms with Crippen LogP contribution in [0.1, 0.15) is 12.3 Å². The number of nitrogens with one attached hydrogen (secondary N) is 1. The lowest BCUT2D eigenvalue weighted by Crippen LogP contribution is -2.12. The third kappa shape index (κ3) is 4.16. The van der Waals surface area contributed by atoms with E-state index in [2.05, 4.69) is 15.5 Å². The van der Waals surface area contributed by atoms with Gasteiger partial charge in [-0.25, -0.2) is 0 Å². The highest BCUT2D eigenvalue weighted by molar-refractivity contribution is 6.35. The summed E-state index contributed by atoms with van der Waals surface area (Å²) in [5, 5.41) is 9.90. The summed E-state index contributed by atoms with van der Waals surface area (Å²) in [6, 6.07) is 18.8. The highest BCUT2D eigenvalue weighted by Crippen LogP contribution is 2.26. The van der Waals surface area contributed by atoms with Crippen molar-refractivity contribution in [2.45, 2.75) is 12.8 Å². The van der Waals surface area contributed by atoms with Crippen LogP contribution in [-0.4, -0.2) is 16.0 Å². The molecule has 0 unspecified atom stereocenters. The van der Waals surface area contributed by atoms with Crippen molar-refractivity contribution in [3.63, 3.8) is 0 Å². The Kier molecular flexibility index (Phi) is 5.28. The lowest BCUT2D eigenvalue weighted by molar-refractivity contribution is -0.116. The first-order valence-electron chi connectivity index (χ1n) is 8.65. The van der Waals surface area contributed by atoms with E-state index in [4.69, 9.17) is 27.7 Å². The van der Waals surface area contributed by atoms with Gasteiger partial charge in [-0.1, -0.05) is 70.8 Å². The zero-order chi connectivity index (χ0) is 19.5. The second kappa shape index (κ2) is 8.00. The molecule has 1 aromatic heterocycles. The molecule has 0 aliphatic heterocycles. The van der Waals surface area contributed by atoms with Crippen LogP contribution in [0.2, 0.25) is 10.0 Å². The molecule has 3 aromatic carbocycles. The Morgan fingerprint density at radius 3 is 2.57 bits per heavy atom. The number of amides is 1. The first kappa shape index (κ1) is 18.5. The molecular weight excluding hydrogens is 397 g/mol. The molecule has 7 heteroatoms. The van der Waals surface area contributed by atoms with Gasteiger partial charge in [0.1, 0.15) is 0 Å². The molecule has 1 heterocycles. The first-order valence-corrected chi connectivity index (χ1v) is 9.41. The van der Waals surface area contributed by atoms with Gasteiger partial charge in [0.25, 0.3) is 0 Å². The van der Waals surface area contributed by atoms with Crippen LogP contribution in [0.25, 0.3) is 22.2 Å². The minimum absolute atomic E-state index is 0.191. The second-order valence-electron chi connectivity index (χ2n) is 6.24. The smallest absolute Gasteiger partial charge is 0.227 e. The molecule has 0 aliphatic carbocycles. The number of fused-ring (bicyclic) bond motifs is 1. The Labute approximate surface area is 171 Å². The summed E-state index contributed by atoms with van der Waals surface area (Å²) in [6.07, 6.45) is 0.527. The lowest BCUT2D eigenvalue weighted by atomic mass is 10.0. The fourth-order valence-electron chi connectivity index (χ4n) is 2.96. The van der Waals surface area contributed by atoms with Crippen LogP contribution < -0.4 is 5.32 Å². The quantitative estimate of drug-likeness (QED) is 0.452. The molecule has 1 amide bonds. The Bertz CT molecular complexity index is 1130. The third-order valence-corrected chi connectivity index (χ3v) is 4.65. The maximum atomic E-state index is 12.2. The summed E-state index contributed by atoms with van der Waals surface area (Å²) in [7, 11) is 0.